The van der Waals surface area contributed by atoms with Crippen LogP contribution in [0, 0.1) is 0 Å². The van der Waals surface area contributed by atoms with Crippen LogP contribution in [0.15, 0.2) is 42.5 Å². The van der Waals surface area contributed by atoms with Gasteiger partial charge in [0.25, 0.3) is 0 Å². The molecule has 27 heavy (non-hydrogen) atoms. The summed E-state index contributed by atoms with van der Waals surface area (Å²) in [5.41, 5.74) is 1.10. The predicted molar refractivity (Wildman–Crippen MR) is 99.0 cm³/mol. The number of carbonyl (C=O) groups is 2. The average molecular weight is 372 g/mol. The third kappa shape index (κ3) is 5.01. The van der Waals surface area contributed by atoms with Crippen molar-refractivity contribution in [2.24, 2.45) is 0 Å². The molecular weight excluding hydrogens is 352 g/mol. The lowest BCUT2D eigenvalue weighted by molar-refractivity contribution is -0.139. The van der Waals surface area contributed by atoms with Crippen LogP contribution in [0.3, 0.4) is 0 Å². The van der Waals surface area contributed by atoms with E-state index in [4.69, 9.17) is 24.1 Å². The van der Waals surface area contributed by atoms with Crippen molar-refractivity contribution in [2.45, 2.75) is 0 Å². The van der Waals surface area contributed by atoms with Crippen LogP contribution in [0.4, 0.5) is 0 Å². The number of methoxy groups -OCH3 is 3. The van der Waals surface area contributed by atoms with Crippen molar-refractivity contribution in [1.82, 2.24) is 0 Å². The Hall–Kier alpha value is -3.48. The Kier molecular flexibility index (Phi) is 6.82. The second kappa shape index (κ2) is 9.28. The molecule has 0 heterocycles. The smallest absolute Gasteiger partial charge is 0.341 e. The number of allylic oxidation sites excluding steroid dienone is 1. The van der Waals surface area contributed by atoms with Gasteiger partial charge >= 0.3 is 5.97 Å². The minimum atomic E-state index is -1.07. The summed E-state index contributed by atoms with van der Waals surface area (Å²) < 4.78 is 21.0. The van der Waals surface area contributed by atoms with E-state index in [0.717, 1.165) is 0 Å². The summed E-state index contributed by atoms with van der Waals surface area (Å²) in [6.45, 7) is -0.438. The zero-order valence-electron chi connectivity index (χ0n) is 15.2. The number of aliphatic carboxylic acids is 1. The second-order valence-corrected chi connectivity index (χ2v) is 5.33. The Morgan fingerprint density at radius 2 is 1.59 bits per heavy atom. The third-order valence-corrected chi connectivity index (χ3v) is 3.65. The number of carboxylic acids is 1. The lowest BCUT2D eigenvalue weighted by atomic mass is 10.1. The maximum atomic E-state index is 12.4. The number of hydrogen-bond acceptors (Lipinski definition) is 6. The highest BCUT2D eigenvalue weighted by Crippen LogP contribution is 2.40. The van der Waals surface area contributed by atoms with E-state index in [1.807, 2.05) is 0 Å². The van der Waals surface area contributed by atoms with Crippen molar-refractivity contribution in [3.8, 4) is 23.0 Å². The molecule has 2 rings (SSSR count). The van der Waals surface area contributed by atoms with Crippen LogP contribution in [0.2, 0.25) is 0 Å². The fraction of sp³-hybridized carbons (Fsp3) is 0.200. The predicted octanol–water partition coefficient (Wildman–Crippen LogP) is 3.07. The van der Waals surface area contributed by atoms with Crippen molar-refractivity contribution >= 4 is 17.8 Å². The van der Waals surface area contributed by atoms with Gasteiger partial charge in [0.05, 0.1) is 21.3 Å². The topological polar surface area (TPSA) is 91.3 Å². The van der Waals surface area contributed by atoms with Crippen molar-refractivity contribution in [3.05, 3.63) is 53.6 Å². The number of ketones is 1. The lowest BCUT2D eigenvalue weighted by Crippen LogP contribution is -2.09. The normalized spacial score (nSPS) is 10.5. The van der Waals surface area contributed by atoms with Crippen molar-refractivity contribution in [3.63, 3.8) is 0 Å². The lowest BCUT2D eigenvalue weighted by Gasteiger charge is -2.13. The van der Waals surface area contributed by atoms with Crippen LogP contribution >= 0.6 is 0 Å². The summed E-state index contributed by atoms with van der Waals surface area (Å²) in [5, 5.41) is 8.59. The Balaban J connectivity index is 2.18. The molecule has 0 spiro atoms. The average Bonchev–Trinajstić information content (AvgIpc) is 2.69. The van der Waals surface area contributed by atoms with Crippen molar-refractivity contribution in [2.75, 3.05) is 27.9 Å². The minimum absolute atomic E-state index is 0.225. The van der Waals surface area contributed by atoms with E-state index >= 15 is 0 Å². The second-order valence-electron chi connectivity index (χ2n) is 5.33. The molecule has 0 atom stereocenters. The molecule has 0 aliphatic rings. The van der Waals surface area contributed by atoms with E-state index in [0.29, 0.717) is 34.1 Å². The highest BCUT2D eigenvalue weighted by atomic mass is 16.5. The van der Waals surface area contributed by atoms with Crippen molar-refractivity contribution in [1.29, 1.82) is 0 Å². The Morgan fingerprint density at radius 1 is 0.926 bits per heavy atom. The van der Waals surface area contributed by atoms with E-state index in [1.54, 1.807) is 42.5 Å². The highest BCUT2D eigenvalue weighted by Gasteiger charge is 2.14. The molecule has 0 aliphatic carbocycles. The monoisotopic (exact) mass is 372 g/mol. The van der Waals surface area contributed by atoms with E-state index in [9.17, 15) is 9.59 Å². The highest BCUT2D eigenvalue weighted by molar-refractivity contribution is 6.07. The number of hydrogen-bond donors (Lipinski definition) is 1. The molecule has 0 saturated carbocycles. The van der Waals surface area contributed by atoms with Gasteiger partial charge in [-0.05, 0) is 48.6 Å². The summed E-state index contributed by atoms with van der Waals surface area (Å²) in [4.78, 5) is 22.8. The van der Waals surface area contributed by atoms with Gasteiger partial charge in [0.15, 0.2) is 23.9 Å². The standard InChI is InChI=1S/C20H20O7/c1-24-17-11-7-14(19(25-2)20(17)26-3)6-10-16(21)13-4-8-15(9-5-13)27-12-18(22)23/h4-11H,12H2,1-3H3,(H,22,23)/b10-6+. The molecule has 0 fully saturated rings. The zero-order valence-corrected chi connectivity index (χ0v) is 15.2. The minimum Gasteiger partial charge on any atom is -0.493 e. The van der Waals surface area contributed by atoms with Gasteiger partial charge in [0, 0.05) is 11.1 Å². The molecule has 7 heteroatoms. The molecule has 0 radical (unpaired) electrons. The van der Waals surface area contributed by atoms with Gasteiger partial charge < -0.3 is 24.1 Å². The summed E-state index contributed by atoms with van der Waals surface area (Å²) in [6.07, 6.45) is 3.04. The molecule has 2 aromatic rings. The van der Waals surface area contributed by atoms with Gasteiger partial charge in [-0.1, -0.05) is 0 Å². The van der Waals surface area contributed by atoms with Crippen molar-refractivity contribution < 1.29 is 33.6 Å². The van der Waals surface area contributed by atoms with Crippen LogP contribution in [0.25, 0.3) is 6.08 Å². The number of carboxylic acid groups (broad SMARTS) is 1. The van der Waals surface area contributed by atoms with Gasteiger partial charge in [0.1, 0.15) is 5.75 Å². The Labute approximate surface area is 156 Å². The first-order valence-corrected chi connectivity index (χ1v) is 7.96. The first kappa shape index (κ1) is 19.8. The molecule has 0 saturated heterocycles. The summed E-state index contributed by atoms with van der Waals surface area (Å²) >= 11 is 0. The molecular formula is C20H20O7. The number of benzene rings is 2. The summed E-state index contributed by atoms with van der Waals surface area (Å²) in [7, 11) is 4.54. The Bertz CT molecular complexity index is 838. The zero-order chi connectivity index (χ0) is 19.8. The third-order valence-electron chi connectivity index (χ3n) is 3.65. The summed E-state index contributed by atoms with van der Waals surface area (Å²) in [6, 6.07) is 9.69. The van der Waals surface area contributed by atoms with Crippen LogP contribution in [-0.2, 0) is 4.79 Å². The van der Waals surface area contributed by atoms with Gasteiger partial charge in [-0.2, -0.15) is 0 Å². The van der Waals surface area contributed by atoms with Crippen LogP contribution < -0.4 is 18.9 Å². The molecule has 0 aromatic heterocycles. The maximum absolute atomic E-state index is 12.4. The Morgan fingerprint density at radius 3 is 2.15 bits per heavy atom. The quantitative estimate of drug-likeness (QED) is 0.534. The fourth-order valence-corrected chi connectivity index (χ4v) is 2.38. The van der Waals surface area contributed by atoms with Gasteiger partial charge in [0.2, 0.25) is 5.75 Å². The van der Waals surface area contributed by atoms with E-state index in [-0.39, 0.29) is 5.78 Å². The summed E-state index contributed by atoms with van der Waals surface area (Å²) in [5.74, 6) is 0.501. The van der Waals surface area contributed by atoms with Gasteiger partial charge in [-0.25, -0.2) is 4.79 Å². The number of carbonyl (C=O) groups excluding carboxylic acids is 1. The molecule has 1 N–H and O–H groups in total. The largest absolute Gasteiger partial charge is 0.493 e. The SMILES string of the molecule is COc1ccc(/C=C/C(=O)c2ccc(OCC(=O)O)cc2)c(OC)c1OC. The molecule has 0 aliphatic heterocycles. The van der Waals surface area contributed by atoms with E-state index < -0.39 is 12.6 Å². The molecule has 7 nitrogen and oxygen atoms in total. The number of ether oxygens (including phenoxy) is 4. The molecule has 2 aromatic carbocycles. The molecule has 0 unspecified atom stereocenters. The van der Waals surface area contributed by atoms with Gasteiger partial charge in [-0.3, -0.25) is 4.79 Å². The number of rotatable bonds is 9. The van der Waals surface area contributed by atoms with Crippen LogP contribution in [0.1, 0.15) is 15.9 Å². The first-order valence-electron chi connectivity index (χ1n) is 7.96. The fourth-order valence-electron chi connectivity index (χ4n) is 2.38. The van der Waals surface area contributed by atoms with E-state index in [1.165, 1.54) is 27.4 Å². The van der Waals surface area contributed by atoms with Gasteiger partial charge in [-0.15, -0.1) is 0 Å². The molecule has 0 amide bonds. The molecule has 142 valence electrons. The maximum Gasteiger partial charge on any atom is 0.341 e. The van der Waals surface area contributed by atoms with Crippen LogP contribution in [0.5, 0.6) is 23.0 Å². The molecule has 0 bridgehead atoms. The first-order chi connectivity index (χ1) is 13.0. The van der Waals surface area contributed by atoms with E-state index in [2.05, 4.69) is 0 Å². The van der Waals surface area contributed by atoms with Crippen LogP contribution in [-0.4, -0.2) is 44.8 Å².